The summed E-state index contributed by atoms with van der Waals surface area (Å²) in [4.78, 5) is 7.27. The Morgan fingerprint density at radius 2 is 2.40 bits per heavy atom. The van der Waals surface area contributed by atoms with Gasteiger partial charge in [0.25, 0.3) is 0 Å². The van der Waals surface area contributed by atoms with Crippen LogP contribution in [0.3, 0.4) is 0 Å². The zero-order valence-corrected chi connectivity index (χ0v) is 13.3. The molecule has 1 aliphatic heterocycles. The van der Waals surface area contributed by atoms with Crippen molar-refractivity contribution in [1.29, 1.82) is 0 Å². The minimum atomic E-state index is 0.569. The Labute approximate surface area is 128 Å². The number of halogens is 1. The van der Waals surface area contributed by atoms with Crippen molar-refractivity contribution in [2.75, 3.05) is 24.5 Å². The Kier molecular flexibility index (Phi) is 4.44. The molecular formula is C15H20ClN3S. The maximum atomic E-state index is 6.07. The molecule has 2 heterocycles. The average Bonchev–Trinajstić information content (AvgIpc) is 2.88. The molecule has 108 valence electrons. The number of hydrogen-bond acceptors (Lipinski definition) is 4. The fraction of sp³-hybridized carbons (Fsp3) is 0.533. The van der Waals surface area contributed by atoms with Crippen LogP contribution in [-0.2, 0) is 0 Å². The van der Waals surface area contributed by atoms with Gasteiger partial charge in [-0.25, -0.2) is 4.98 Å². The second kappa shape index (κ2) is 6.29. The van der Waals surface area contributed by atoms with Crippen LogP contribution < -0.4 is 10.2 Å². The summed E-state index contributed by atoms with van der Waals surface area (Å²) in [5.41, 5.74) is 1.06. The van der Waals surface area contributed by atoms with Gasteiger partial charge in [-0.2, -0.15) is 0 Å². The lowest BCUT2D eigenvalue weighted by molar-refractivity contribution is 0.443. The second-order valence-electron chi connectivity index (χ2n) is 5.30. The van der Waals surface area contributed by atoms with Crippen molar-refractivity contribution in [3.63, 3.8) is 0 Å². The minimum Gasteiger partial charge on any atom is -0.343 e. The Balaban J connectivity index is 1.86. The zero-order chi connectivity index (χ0) is 13.9. The predicted octanol–water partition coefficient (Wildman–Crippen LogP) is 3.92. The molecule has 0 radical (unpaired) electrons. The number of benzene rings is 1. The largest absolute Gasteiger partial charge is 0.343 e. The summed E-state index contributed by atoms with van der Waals surface area (Å²) in [6, 6.07) is 6.52. The van der Waals surface area contributed by atoms with E-state index >= 15 is 0 Å². The van der Waals surface area contributed by atoms with Gasteiger partial charge in [0.1, 0.15) is 0 Å². The molecular weight excluding hydrogens is 290 g/mol. The third kappa shape index (κ3) is 2.92. The summed E-state index contributed by atoms with van der Waals surface area (Å²) >= 11 is 7.82. The van der Waals surface area contributed by atoms with Gasteiger partial charge in [0.2, 0.25) is 0 Å². The van der Waals surface area contributed by atoms with Crippen LogP contribution in [0.25, 0.3) is 10.2 Å². The van der Waals surface area contributed by atoms with Crippen molar-refractivity contribution in [3.8, 4) is 0 Å². The molecule has 3 rings (SSSR count). The molecule has 0 bridgehead atoms. The van der Waals surface area contributed by atoms with Gasteiger partial charge in [-0.15, -0.1) is 0 Å². The van der Waals surface area contributed by atoms with E-state index in [1.165, 1.54) is 24.0 Å². The zero-order valence-electron chi connectivity index (χ0n) is 11.7. The molecule has 1 saturated heterocycles. The van der Waals surface area contributed by atoms with E-state index in [4.69, 9.17) is 16.6 Å². The molecule has 1 aromatic heterocycles. The third-order valence-corrected chi connectivity index (χ3v) is 5.12. The topological polar surface area (TPSA) is 28.2 Å². The first-order valence-corrected chi connectivity index (χ1v) is 8.51. The lowest BCUT2D eigenvalue weighted by atomic mass is 10.1. The van der Waals surface area contributed by atoms with Gasteiger partial charge in [0.05, 0.1) is 10.2 Å². The molecule has 2 aromatic rings. The first-order valence-electron chi connectivity index (χ1n) is 7.31. The quantitative estimate of drug-likeness (QED) is 0.928. The Morgan fingerprint density at radius 3 is 3.25 bits per heavy atom. The van der Waals surface area contributed by atoms with E-state index in [0.29, 0.717) is 6.04 Å². The van der Waals surface area contributed by atoms with Gasteiger partial charge < -0.3 is 10.2 Å². The van der Waals surface area contributed by atoms with Crippen LogP contribution in [-0.4, -0.2) is 30.7 Å². The highest BCUT2D eigenvalue weighted by Gasteiger charge is 2.24. The van der Waals surface area contributed by atoms with Crippen molar-refractivity contribution in [2.45, 2.75) is 32.2 Å². The van der Waals surface area contributed by atoms with Gasteiger partial charge in [-0.05, 0) is 24.6 Å². The fourth-order valence-corrected chi connectivity index (χ4v) is 4.06. The first kappa shape index (κ1) is 14.1. The Bertz CT molecular complexity index is 584. The standard InChI is InChI=1S/C15H20ClN3S/c1-2-3-4-12-10-17-7-8-19(12)15-18-13-6-5-11(16)9-14(13)20-15/h5-6,9,12,17H,2-4,7-8,10H2,1H3/t12-/m1/s1. The highest BCUT2D eigenvalue weighted by Crippen LogP contribution is 2.32. The molecule has 0 aliphatic carbocycles. The number of piperazine rings is 1. The number of unbranched alkanes of at least 4 members (excludes halogenated alkanes) is 1. The van der Waals surface area contributed by atoms with Crippen molar-refractivity contribution in [1.82, 2.24) is 10.3 Å². The second-order valence-corrected chi connectivity index (χ2v) is 6.75. The molecule has 20 heavy (non-hydrogen) atoms. The van der Waals surface area contributed by atoms with Crippen LogP contribution in [0.1, 0.15) is 26.2 Å². The number of nitrogens with one attached hydrogen (secondary N) is 1. The van der Waals surface area contributed by atoms with Gasteiger partial charge in [0, 0.05) is 30.7 Å². The van der Waals surface area contributed by atoms with Crippen LogP contribution >= 0.6 is 22.9 Å². The summed E-state index contributed by atoms with van der Waals surface area (Å²) in [7, 11) is 0. The molecule has 1 fully saturated rings. The number of nitrogens with zero attached hydrogens (tertiary/aromatic N) is 2. The van der Waals surface area contributed by atoms with Crippen molar-refractivity contribution in [3.05, 3.63) is 23.2 Å². The summed E-state index contributed by atoms with van der Waals surface area (Å²) in [5, 5.41) is 5.43. The van der Waals surface area contributed by atoms with Crippen molar-refractivity contribution in [2.24, 2.45) is 0 Å². The van der Waals surface area contributed by atoms with Gasteiger partial charge >= 0.3 is 0 Å². The number of rotatable bonds is 4. The summed E-state index contributed by atoms with van der Waals surface area (Å²) < 4.78 is 1.18. The normalized spacial score (nSPS) is 19.7. The monoisotopic (exact) mass is 309 g/mol. The Hall–Kier alpha value is -0.840. The van der Waals surface area contributed by atoms with Crippen LogP contribution in [0.4, 0.5) is 5.13 Å². The number of aromatic nitrogens is 1. The number of hydrogen-bond donors (Lipinski definition) is 1. The van der Waals surface area contributed by atoms with Gasteiger partial charge in [-0.1, -0.05) is 42.7 Å². The van der Waals surface area contributed by atoms with Crippen LogP contribution in [0.15, 0.2) is 18.2 Å². The van der Waals surface area contributed by atoms with Crippen LogP contribution in [0, 0.1) is 0 Å². The molecule has 3 nitrogen and oxygen atoms in total. The molecule has 1 N–H and O–H groups in total. The Morgan fingerprint density at radius 1 is 1.50 bits per heavy atom. The van der Waals surface area contributed by atoms with Crippen LogP contribution in [0.5, 0.6) is 0 Å². The van der Waals surface area contributed by atoms with E-state index in [2.05, 4.69) is 17.1 Å². The molecule has 1 aromatic carbocycles. The summed E-state index contributed by atoms with van der Waals surface area (Å²) in [6.45, 7) is 5.40. The highest BCUT2D eigenvalue weighted by atomic mass is 35.5. The highest BCUT2D eigenvalue weighted by molar-refractivity contribution is 7.22. The van der Waals surface area contributed by atoms with Crippen molar-refractivity contribution < 1.29 is 0 Å². The van der Waals surface area contributed by atoms with E-state index in [-0.39, 0.29) is 0 Å². The first-order chi connectivity index (χ1) is 9.78. The van der Waals surface area contributed by atoms with E-state index < -0.39 is 0 Å². The van der Waals surface area contributed by atoms with E-state index in [1.807, 2.05) is 18.2 Å². The maximum absolute atomic E-state index is 6.07. The molecule has 0 saturated carbocycles. The predicted molar refractivity (Wildman–Crippen MR) is 88.2 cm³/mol. The SMILES string of the molecule is CCCC[C@@H]1CNCCN1c1nc2ccc(Cl)cc2s1. The summed E-state index contributed by atoms with van der Waals surface area (Å²) in [5.74, 6) is 0. The van der Waals surface area contributed by atoms with E-state index in [0.717, 1.165) is 35.3 Å². The van der Waals surface area contributed by atoms with Gasteiger partial charge in [-0.3, -0.25) is 0 Å². The molecule has 1 atom stereocenters. The molecule has 1 aliphatic rings. The minimum absolute atomic E-state index is 0.569. The van der Waals surface area contributed by atoms with E-state index in [9.17, 15) is 0 Å². The molecule has 5 heteroatoms. The third-order valence-electron chi connectivity index (χ3n) is 3.83. The van der Waals surface area contributed by atoms with Crippen molar-refractivity contribution >= 4 is 38.3 Å². The average molecular weight is 310 g/mol. The molecule has 0 amide bonds. The van der Waals surface area contributed by atoms with Gasteiger partial charge in [0.15, 0.2) is 5.13 Å². The lowest BCUT2D eigenvalue weighted by Crippen LogP contribution is -2.51. The van der Waals surface area contributed by atoms with E-state index in [1.54, 1.807) is 11.3 Å². The fourth-order valence-electron chi connectivity index (χ4n) is 2.72. The number of fused-ring (bicyclic) bond motifs is 1. The smallest absolute Gasteiger partial charge is 0.186 e. The lowest BCUT2D eigenvalue weighted by Gasteiger charge is -2.36. The number of anilines is 1. The molecule has 0 spiro atoms. The molecule has 0 unspecified atom stereocenters. The maximum Gasteiger partial charge on any atom is 0.186 e. The summed E-state index contributed by atoms with van der Waals surface area (Å²) in [6.07, 6.45) is 3.76. The van der Waals surface area contributed by atoms with Crippen LogP contribution in [0.2, 0.25) is 5.02 Å². The number of thiazole rings is 1.